The van der Waals surface area contributed by atoms with E-state index >= 15 is 0 Å². The third-order valence-corrected chi connectivity index (χ3v) is 3.78. The van der Waals surface area contributed by atoms with E-state index in [-0.39, 0.29) is 22.7 Å². The molecule has 0 aliphatic carbocycles. The fourth-order valence-electron chi connectivity index (χ4n) is 2.35. The molecule has 0 aromatic heterocycles. The van der Waals surface area contributed by atoms with E-state index in [1.165, 1.54) is 31.5 Å². The minimum absolute atomic E-state index is 0.124. The van der Waals surface area contributed by atoms with E-state index < -0.39 is 10.8 Å². The maximum atomic E-state index is 12.4. The first kappa shape index (κ1) is 19.5. The van der Waals surface area contributed by atoms with Gasteiger partial charge in [-0.05, 0) is 24.1 Å². The number of nitro groups is 1. The lowest BCUT2D eigenvalue weighted by Gasteiger charge is -2.10. The number of nitriles is 1. The van der Waals surface area contributed by atoms with Crippen molar-refractivity contribution in [3.63, 3.8) is 0 Å². The molecule has 0 aliphatic heterocycles. The van der Waals surface area contributed by atoms with Gasteiger partial charge in [0, 0.05) is 18.0 Å². The molecule has 0 atom stereocenters. The Morgan fingerprint density at radius 2 is 2.04 bits per heavy atom. The summed E-state index contributed by atoms with van der Waals surface area (Å²) in [5, 5.41) is 25.6. The van der Waals surface area contributed by atoms with Gasteiger partial charge >= 0.3 is 0 Å². The maximum absolute atomic E-state index is 12.4. The SMILES string of the molecule is CCc1ccccc1N/C=C(/C#N)C(=O)Nc1ccc([N+](=O)[O-])cc1OC. The Morgan fingerprint density at radius 1 is 1.30 bits per heavy atom. The van der Waals surface area contributed by atoms with Gasteiger partial charge in [0.05, 0.1) is 23.8 Å². The van der Waals surface area contributed by atoms with Gasteiger partial charge in [-0.2, -0.15) is 5.26 Å². The van der Waals surface area contributed by atoms with Crippen LogP contribution in [0.25, 0.3) is 0 Å². The number of benzene rings is 2. The normalized spacial score (nSPS) is 10.6. The molecule has 1 amide bonds. The second-order valence-electron chi connectivity index (χ2n) is 5.42. The standard InChI is InChI=1S/C19H18N4O4/c1-3-13-6-4-5-7-16(13)21-12-14(11-20)19(24)22-17-9-8-15(23(25)26)10-18(17)27-2/h4-10,12,21H,3H2,1-2H3,(H,22,24)/b14-12-. The zero-order valence-electron chi connectivity index (χ0n) is 14.9. The van der Waals surface area contributed by atoms with Crippen LogP contribution in [0.15, 0.2) is 54.2 Å². The number of nitrogens with zero attached hydrogens (tertiary/aromatic N) is 2. The van der Waals surface area contributed by atoms with Crippen LogP contribution in [0.2, 0.25) is 0 Å². The van der Waals surface area contributed by atoms with Gasteiger partial charge < -0.3 is 15.4 Å². The average Bonchev–Trinajstić information content (AvgIpc) is 2.68. The molecule has 8 nitrogen and oxygen atoms in total. The molecule has 0 saturated heterocycles. The number of aryl methyl sites for hydroxylation is 1. The lowest BCUT2D eigenvalue weighted by atomic mass is 10.1. The van der Waals surface area contributed by atoms with Crippen LogP contribution in [0, 0.1) is 21.4 Å². The first-order valence-corrected chi connectivity index (χ1v) is 8.08. The Bertz CT molecular complexity index is 932. The summed E-state index contributed by atoms with van der Waals surface area (Å²) >= 11 is 0. The molecule has 2 N–H and O–H groups in total. The molecule has 2 rings (SSSR count). The molecular formula is C19H18N4O4. The van der Waals surface area contributed by atoms with Crippen molar-refractivity contribution in [3.8, 4) is 11.8 Å². The Hall–Kier alpha value is -3.86. The van der Waals surface area contributed by atoms with Crippen molar-refractivity contribution in [2.24, 2.45) is 0 Å². The largest absolute Gasteiger partial charge is 0.494 e. The fraction of sp³-hybridized carbons (Fsp3) is 0.158. The third kappa shape index (κ3) is 4.83. The number of methoxy groups -OCH3 is 1. The van der Waals surface area contributed by atoms with Crippen molar-refractivity contribution >= 4 is 23.0 Å². The Kier molecular flexibility index (Phi) is 6.49. The van der Waals surface area contributed by atoms with Gasteiger partial charge in [-0.1, -0.05) is 25.1 Å². The molecule has 0 fully saturated rings. The minimum Gasteiger partial charge on any atom is -0.494 e. The van der Waals surface area contributed by atoms with Gasteiger partial charge in [-0.15, -0.1) is 0 Å². The van der Waals surface area contributed by atoms with Crippen LogP contribution in [0.3, 0.4) is 0 Å². The van der Waals surface area contributed by atoms with Gasteiger partial charge in [-0.3, -0.25) is 14.9 Å². The lowest BCUT2D eigenvalue weighted by Crippen LogP contribution is -2.15. The van der Waals surface area contributed by atoms with Gasteiger partial charge in [0.1, 0.15) is 17.4 Å². The predicted molar refractivity (Wildman–Crippen MR) is 101 cm³/mol. The van der Waals surface area contributed by atoms with E-state index in [2.05, 4.69) is 10.6 Å². The van der Waals surface area contributed by atoms with Crippen LogP contribution in [-0.2, 0) is 11.2 Å². The highest BCUT2D eigenvalue weighted by atomic mass is 16.6. The molecule has 0 bridgehead atoms. The molecule has 0 unspecified atom stereocenters. The van der Waals surface area contributed by atoms with Crippen molar-refractivity contribution in [2.75, 3.05) is 17.7 Å². The smallest absolute Gasteiger partial charge is 0.273 e. The summed E-state index contributed by atoms with van der Waals surface area (Å²) in [6.07, 6.45) is 2.12. The Balaban J connectivity index is 2.20. The number of ether oxygens (including phenoxy) is 1. The number of nitro benzene ring substituents is 1. The molecule has 0 aliphatic rings. The molecule has 2 aromatic carbocycles. The summed E-state index contributed by atoms with van der Waals surface area (Å²) in [6, 6.07) is 13.2. The van der Waals surface area contributed by atoms with E-state index in [4.69, 9.17) is 4.74 Å². The molecule has 0 spiro atoms. The topological polar surface area (TPSA) is 117 Å². The fourth-order valence-corrected chi connectivity index (χ4v) is 2.35. The highest BCUT2D eigenvalue weighted by Gasteiger charge is 2.15. The summed E-state index contributed by atoms with van der Waals surface area (Å²) in [6.45, 7) is 2.00. The van der Waals surface area contributed by atoms with E-state index in [1.54, 1.807) is 0 Å². The maximum Gasteiger partial charge on any atom is 0.273 e. The number of rotatable bonds is 7. The Morgan fingerprint density at radius 3 is 2.67 bits per heavy atom. The summed E-state index contributed by atoms with van der Waals surface area (Å²) in [4.78, 5) is 22.6. The monoisotopic (exact) mass is 366 g/mol. The summed E-state index contributed by atoms with van der Waals surface area (Å²) in [5.41, 5.74) is 1.75. The van der Waals surface area contributed by atoms with Crippen molar-refractivity contribution in [1.29, 1.82) is 5.26 Å². The number of nitrogens with one attached hydrogen (secondary N) is 2. The molecule has 27 heavy (non-hydrogen) atoms. The molecule has 0 heterocycles. The number of hydrogen-bond donors (Lipinski definition) is 2. The summed E-state index contributed by atoms with van der Waals surface area (Å²) in [7, 11) is 1.33. The van der Waals surface area contributed by atoms with Gasteiger partial charge in [0.2, 0.25) is 0 Å². The van der Waals surface area contributed by atoms with Crippen LogP contribution < -0.4 is 15.4 Å². The van der Waals surface area contributed by atoms with Crippen molar-refractivity contribution < 1.29 is 14.5 Å². The second-order valence-corrected chi connectivity index (χ2v) is 5.42. The summed E-state index contributed by atoms with van der Waals surface area (Å²) in [5.74, 6) is -0.537. The van der Waals surface area contributed by atoms with Crippen molar-refractivity contribution in [2.45, 2.75) is 13.3 Å². The first-order valence-electron chi connectivity index (χ1n) is 8.08. The van der Waals surface area contributed by atoms with Crippen molar-refractivity contribution in [3.05, 3.63) is 69.9 Å². The number of carbonyl (C=O) groups is 1. The molecular weight excluding hydrogens is 348 g/mol. The van der Waals surface area contributed by atoms with Crippen LogP contribution in [0.4, 0.5) is 17.1 Å². The van der Waals surface area contributed by atoms with Gasteiger partial charge in [0.15, 0.2) is 0 Å². The van der Waals surface area contributed by atoms with E-state index in [9.17, 15) is 20.2 Å². The van der Waals surface area contributed by atoms with E-state index in [0.29, 0.717) is 0 Å². The number of para-hydroxylation sites is 1. The summed E-state index contributed by atoms with van der Waals surface area (Å²) < 4.78 is 5.07. The highest BCUT2D eigenvalue weighted by molar-refractivity contribution is 6.07. The lowest BCUT2D eigenvalue weighted by molar-refractivity contribution is -0.384. The number of amides is 1. The molecule has 0 radical (unpaired) electrons. The second kappa shape index (κ2) is 9.01. The predicted octanol–water partition coefficient (Wildman–Crippen LogP) is 3.62. The molecule has 138 valence electrons. The number of anilines is 2. The zero-order chi connectivity index (χ0) is 19.8. The number of carbonyl (C=O) groups excluding carboxylic acids is 1. The number of hydrogen-bond acceptors (Lipinski definition) is 6. The van der Waals surface area contributed by atoms with Gasteiger partial charge in [0.25, 0.3) is 11.6 Å². The number of non-ortho nitro benzene ring substituents is 1. The van der Waals surface area contributed by atoms with E-state index in [1.807, 2.05) is 37.3 Å². The zero-order valence-corrected chi connectivity index (χ0v) is 14.9. The molecule has 8 heteroatoms. The molecule has 2 aromatic rings. The van der Waals surface area contributed by atoms with E-state index in [0.717, 1.165) is 17.7 Å². The quantitative estimate of drug-likeness (QED) is 0.334. The van der Waals surface area contributed by atoms with Crippen molar-refractivity contribution in [1.82, 2.24) is 0 Å². The first-order chi connectivity index (χ1) is 13.0. The highest BCUT2D eigenvalue weighted by Crippen LogP contribution is 2.29. The van der Waals surface area contributed by atoms with Crippen LogP contribution in [0.5, 0.6) is 5.75 Å². The minimum atomic E-state index is -0.661. The van der Waals surface area contributed by atoms with Gasteiger partial charge in [-0.25, -0.2) is 0 Å². The third-order valence-electron chi connectivity index (χ3n) is 3.78. The van der Waals surface area contributed by atoms with Crippen LogP contribution in [-0.4, -0.2) is 17.9 Å². The average molecular weight is 366 g/mol. The van der Waals surface area contributed by atoms with Crippen LogP contribution in [0.1, 0.15) is 12.5 Å². The molecule has 0 saturated carbocycles. The Labute approximate surface area is 156 Å². The van der Waals surface area contributed by atoms with Crippen LogP contribution >= 0.6 is 0 Å².